The lowest BCUT2D eigenvalue weighted by molar-refractivity contribution is 0.953. The van der Waals surface area contributed by atoms with Crippen LogP contribution in [-0.2, 0) is 0 Å². The van der Waals surface area contributed by atoms with Crippen LogP contribution in [0.5, 0.6) is 0 Å². The minimum Gasteiger partial charge on any atom is -0.309 e. The number of rotatable bonds is 5. The Balaban J connectivity index is 1.16. The molecule has 0 unspecified atom stereocenters. The van der Waals surface area contributed by atoms with Crippen molar-refractivity contribution in [2.24, 2.45) is 0 Å². The Morgan fingerprint density at radius 2 is 0.614 bits per heavy atom. The van der Waals surface area contributed by atoms with Gasteiger partial charge in [-0.25, -0.2) is 4.98 Å². The Labute approximate surface area is 327 Å². The van der Waals surface area contributed by atoms with E-state index in [9.17, 15) is 0 Å². The highest BCUT2D eigenvalue weighted by Gasteiger charge is 2.23. The maximum Gasteiger partial charge on any atom is 0.238 e. The molecule has 0 fully saturated rings. The maximum atomic E-state index is 5.25. The standard InChI is InChI=1S/C51H32N6/c1-3-15-33(16-4-1)49-52-50(34-17-5-2-6-18-34)54-51(53-49)57-46-26-14-10-22-40(46)42-32-31-41-39-21-9-13-25-45(39)56(47(41)48(42)57)36-29-27-35(28-30-36)55-43-23-11-7-19-37(43)38-20-8-12-24-44(38)55/h1-32H. The average molecular weight is 729 g/mol. The highest BCUT2D eigenvalue weighted by Crippen LogP contribution is 2.42. The molecule has 8 aromatic carbocycles. The molecule has 4 heterocycles. The van der Waals surface area contributed by atoms with Gasteiger partial charge in [-0.3, -0.25) is 4.57 Å². The van der Waals surface area contributed by atoms with Crippen LogP contribution in [0.2, 0.25) is 0 Å². The van der Waals surface area contributed by atoms with Gasteiger partial charge in [0, 0.05) is 54.8 Å². The van der Waals surface area contributed by atoms with Crippen molar-refractivity contribution in [2.75, 3.05) is 0 Å². The van der Waals surface area contributed by atoms with E-state index in [1.165, 1.54) is 27.2 Å². The molecule has 0 saturated carbocycles. The van der Waals surface area contributed by atoms with Crippen LogP contribution in [0.1, 0.15) is 0 Å². The molecule has 0 amide bonds. The van der Waals surface area contributed by atoms with Gasteiger partial charge in [-0.2, -0.15) is 9.97 Å². The first kappa shape index (κ1) is 31.5. The third-order valence-electron chi connectivity index (χ3n) is 11.3. The Bertz CT molecular complexity index is 3390. The van der Waals surface area contributed by atoms with Gasteiger partial charge in [-0.1, -0.05) is 146 Å². The third-order valence-corrected chi connectivity index (χ3v) is 11.3. The van der Waals surface area contributed by atoms with E-state index in [0.29, 0.717) is 17.6 Å². The molecule has 0 aliphatic rings. The molecule has 12 aromatic rings. The summed E-state index contributed by atoms with van der Waals surface area (Å²) in [6.45, 7) is 0. The first-order chi connectivity index (χ1) is 28.3. The van der Waals surface area contributed by atoms with E-state index >= 15 is 0 Å². The molecule has 0 atom stereocenters. The summed E-state index contributed by atoms with van der Waals surface area (Å²) < 4.78 is 7.02. The number of fused-ring (bicyclic) bond motifs is 10. The molecule has 0 saturated heterocycles. The molecule has 0 bridgehead atoms. The highest BCUT2D eigenvalue weighted by molar-refractivity contribution is 6.23. The van der Waals surface area contributed by atoms with Gasteiger partial charge >= 0.3 is 0 Å². The lowest BCUT2D eigenvalue weighted by Crippen LogP contribution is -2.07. The summed E-state index contributed by atoms with van der Waals surface area (Å²) in [6.07, 6.45) is 0. The quantitative estimate of drug-likeness (QED) is 0.177. The van der Waals surface area contributed by atoms with E-state index in [4.69, 9.17) is 15.0 Å². The highest BCUT2D eigenvalue weighted by atomic mass is 15.2. The monoisotopic (exact) mass is 728 g/mol. The number of para-hydroxylation sites is 4. The molecule has 57 heavy (non-hydrogen) atoms. The zero-order valence-corrected chi connectivity index (χ0v) is 30.7. The lowest BCUT2D eigenvalue weighted by atomic mass is 10.1. The zero-order valence-electron chi connectivity index (χ0n) is 30.7. The topological polar surface area (TPSA) is 53.5 Å². The lowest BCUT2D eigenvalue weighted by Gasteiger charge is -2.14. The molecule has 0 aliphatic carbocycles. The van der Waals surface area contributed by atoms with E-state index in [2.05, 4.69) is 171 Å². The number of nitrogens with zero attached hydrogens (tertiary/aromatic N) is 6. The van der Waals surface area contributed by atoms with Crippen LogP contribution in [0.15, 0.2) is 194 Å². The van der Waals surface area contributed by atoms with Crippen LogP contribution in [0.25, 0.3) is 106 Å². The third kappa shape index (κ3) is 4.74. The first-order valence-corrected chi connectivity index (χ1v) is 19.2. The average Bonchev–Trinajstić information content (AvgIpc) is 3.93. The summed E-state index contributed by atoms with van der Waals surface area (Å²) in [5.41, 5.74) is 10.7. The van der Waals surface area contributed by atoms with Gasteiger partial charge in [0.15, 0.2) is 11.6 Å². The van der Waals surface area contributed by atoms with Gasteiger partial charge in [0.2, 0.25) is 5.95 Å². The minimum absolute atomic E-state index is 0.569. The van der Waals surface area contributed by atoms with E-state index in [0.717, 1.165) is 60.7 Å². The van der Waals surface area contributed by atoms with Gasteiger partial charge < -0.3 is 9.13 Å². The number of benzene rings is 8. The van der Waals surface area contributed by atoms with Crippen molar-refractivity contribution in [3.63, 3.8) is 0 Å². The summed E-state index contributed by atoms with van der Waals surface area (Å²) in [6, 6.07) is 68.4. The Kier molecular flexibility index (Phi) is 6.83. The van der Waals surface area contributed by atoms with Crippen LogP contribution >= 0.6 is 0 Å². The molecule has 0 N–H and O–H groups in total. The van der Waals surface area contributed by atoms with Gasteiger partial charge in [-0.15, -0.1) is 0 Å². The van der Waals surface area contributed by atoms with Crippen molar-refractivity contribution in [3.8, 4) is 40.1 Å². The Morgan fingerprint density at radius 3 is 1.09 bits per heavy atom. The van der Waals surface area contributed by atoms with Crippen molar-refractivity contribution in [2.45, 2.75) is 0 Å². The molecule has 6 heteroatoms. The summed E-state index contributed by atoms with van der Waals surface area (Å²) in [5, 5.41) is 7.11. The molecule has 266 valence electrons. The van der Waals surface area contributed by atoms with Crippen LogP contribution < -0.4 is 0 Å². The normalized spacial score (nSPS) is 11.9. The first-order valence-electron chi connectivity index (χ1n) is 19.2. The second-order valence-corrected chi connectivity index (χ2v) is 14.5. The van der Waals surface area contributed by atoms with Crippen LogP contribution in [0.4, 0.5) is 0 Å². The summed E-state index contributed by atoms with van der Waals surface area (Å²) in [4.78, 5) is 15.5. The second kappa shape index (κ2) is 12.3. The fraction of sp³-hybridized carbons (Fsp3) is 0. The summed E-state index contributed by atoms with van der Waals surface area (Å²) in [5.74, 6) is 1.82. The Hall–Kier alpha value is -7.83. The largest absolute Gasteiger partial charge is 0.309 e. The van der Waals surface area contributed by atoms with Crippen molar-refractivity contribution >= 4 is 65.4 Å². The fourth-order valence-electron chi connectivity index (χ4n) is 8.83. The van der Waals surface area contributed by atoms with Crippen molar-refractivity contribution in [3.05, 3.63) is 194 Å². The van der Waals surface area contributed by atoms with Crippen molar-refractivity contribution in [1.29, 1.82) is 0 Å². The maximum absolute atomic E-state index is 5.25. The van der Waals surface area contributed by atoms with Gasteiger partial charge in [-0.05, 0) is 48.5 Å². The molecule has 12 rings (SSSR count). The summed E-state index contributed by atoms with van der Waals surface area (Å²) in [7, 11) is 0. The van der Waals surface area contributed by atoms with Crippen LogP contribution in [0, 0.1) is 0 Å². The SMILES string of the molecule is c1ccc(-c2nc(-c3ccccc3)nc(-n3c4ccccc4c4ccc5c6ccccc6n(-c6ccc(-n7c8ccccc8c8ccccc87)cc6)c5c43)n2)cc1. The zero-order chi connectivity index (χ0) is 37.5. The molecular weight excluding hydrogens is 697 g/mol. The molecule has 0 spiro atoms. The minimum atomic E-state index is 0.569. The number of aromatic nitrogens is 6. The molecule has 4 aromatic heterocycles. The van der Waals surface area contributed by atoms with E-state index in [-0.39, 0.29) is 0 Å². The van der Waals surface area contributed by atoms with Crippen molar-refractivity contribution in [1.82, 2.24) is 28.7 Å². The fourth-order valence-corrected chi connectivity index (χ4v) is 8.83. The van der Waals surface area contributed by atoms with Gasteiger partial charge in [0.1, 0.15) is 0 Å². The Morgan fingerprint density at radius 1 is 0.263 bits per heavy atom. The van der Waals surface area contributed by atoms with Gasteiger partial charge in [0.25, 0.3) is 0 Å². The number of hydrogen-bond acceptors (Lipinski definition) is 3. The van der Waals surface area contributed by atoms with Crippen LogP contribution in [-0.4, -0.2) is 28.7 Å². The second-order valence-electron chi connectivity index (χ2n) is 14.5. The predicted molar refractivity (Wildman–Crippen MR) is 234 cm³/mol. The van der Waals surface area contributed by atoms with E-state index in [1.54, 1.807) is 0 Å². The van der Waals surface area contributed by atoms with E-state index < -0.39 is 0 Å². The van der Waals surface area contributed by atoms with Gasteiger partial charge in [0.05, 0.1) is 33.1 Å². The molecule has 6 nitrogen and oxygen atoms in total. The molecule has 0 aliphatic heterocycles. The number of hydrogen-bond donors (Lipinski definition) is 0. The predicted octanol–water partition coefficient (Wildman–Crippen LogP) is 12.5. The smallest absolute Gasteiger partial charge is 0.238 e. The summed E-state index contributed by atoms with van der Waals surface area (Å²) >= 11 is 0. The van der Waals surface area contributed by atoms with Crippen molar-refractivity contribution < 1.29 is 0 Å². The molecular formula is C51H32N6. The van der Waals surface area contributed by atoms with E-state index in [1.807, 2.05) is 36.4 Å². The molecule has 0 radical (unpaired) electrons. The van der Waals surface area contributed by atoms with Crippen LogP contribution in [0.3, 0.4) is 0 Å².